The van der Waals surface area contributed by atoms with Gasteiger partial charge in [0.05, 0.1) is 6.61 Å². The number of halogens is 3. The van der Waals surface area contributed by atoms with Crippen LogP contribution in [0.5, 0.6) is 0 Å². The maximum absolute atomic E-state index is 13.1. The van der Waals surface area contributed by atoms with Crippen LogP contribution >= 0.6 is 34.5 Å². The summed E-state index contributed by atoms with van der Waals surface area (Å²) in [5, 5.41) is 5.95. The Hall–Kier alpha value is -1.47. The molecule has 2 saturated heterocycles. The van der Waals surface area contributed by atoms with Gasteiger partial charge in [0.1, 0.15) is 5.82 Å². The first-order valence-electron chi connectivity index (χ1n) is 12.8. The van der Waals surface area contributed by atoms with E-state index in [4.69, 9.17) is 27.9 Å². The lowest BCUT2D eigenvalue weighted by atomic mass is 9.89. The van der Waals surface area contributed by atoms with Gasteiger partial charge in [0.15, 0.2) is 0 Å². The summed E-state index contributed by atoms with van der Waals surface area (Å²) >= 11 is 14.4. The smallest absolute Gasteiger partial charge is 0.123 e. The number of rotatable bonds is 9. The molecule has 3 aromatic rings. The second-order valence-electron chi connectivity index (χ2n) is 10.2. The second kappa shape index (κ2) is 12.4. The molecule has 2 fully saturated rings. The summed E-state index contributed by atoms with van der Waals surface area (Å²) in [5.41, 5.74) is 3.64. The fourth-order valence-corrected chi connectivity index (χ4v) is 6.81. The quantitative estimate of drug-likeness (QED) is 0.279. The van der Waals surface area contributed by atoms with Crippen LogP contribution in [0.25, 0.3) is 0 Å². The van der Waals surface area contributed by atoms with Crippen LogP contribution in [0.2, 0.25) is 10.0 Å². The third-order valence-electron chi connectivity index (χ3n) is 7.63. The van der Waals surface area contributed by atoms with Crippen molar-refractivity contribution in [2.45, 2.75) is 31.9 Å². The van der Waals surface area contributed by atoms with Crippen molar-refractivity contribution >= 4 is 34.5 Å². The van der Waals surface area contributed by atoms with Crippen LogP contribution in [-0.2, 0) is 17.9 Å². The molecule has 0 spiro atoms. The van der Waals surface area contributed by atoms with E-state index in [1.54, 1.807) is 23.5 Å². The number of ether oxygens (including phenoxy) is 1. The van der Waals surface area contributed by atoms with E-state index in [0.29, 0.717) is 29.4 Å². The topological polar surface area (TPSA) is 15.7 Å². The molecule has 2 aliphatic rings. The summed E-state index contributed by atoms with van der Waals surface area (Å²) in [6.07, 6.45) is 2.34. The summed E-state index contributed by atoms with van der Waals surface area (Å²) in [6.45, 7) is 7.73. The van der Waals surface area contributed by atoms with E-state index in [0.717, 1.165) is 62.0 Å². The molecule has 0 N–H and O–H groups in total. The lowest BCUT2D eigenvalue weighted by molar-refractivity contribution is 0.0542. The van der Waals surface area contributed by atoms with E-state index in [1.807, 2.05) is 12.1 Å². The minimum Gasteiger partial charge on any atom is -0.376 e. The van der Waals surface area contributed by atoms with Gasteiger partial charge in [-0.05, 0) is 95.5 Å². The summed E-state index contributed by atoms with van der Waals surface area (Å²) < 4.78 is 19.0. The zero-order chi connectivity index (χ0) is 24.9. The summed E-state index contributed by atoms with van der Waals surface area (Å²) in [4.78, 5) is 5.21. The van der Waals surface area contributed by atoms with Crippen molar-refractivity contribution in [1.29, 1.82) is 0 Å². The molecule has 2 aromatic carbocycles. The monoisotopic (exact) mass is 546 g/mol. The Balaban J connectivity index is 1.12. The van der Waals surface area contributed by atoms with Gasteiger partial charge in [0.25, 0.3) is 0 Å². The number of benzene rings is 2. The minimum absolute atomic E-state index is 0.202. The Morgan fingerprint density at radius 3 is 2.50 bits per heavy atom. The zero-order valence-corrected chi connectivity index (χ0v) is 22.7. The number of likely N-dealkylation sites (tertiary alicyclic amines) is 2. The molecule has 0 aliphatic carbocycles. The SMILES string of the molecule is Fc1ccc(COCC2CCN(CC3CN(Cc4ccc(Cl)cc4Cl)CC3c3ccsc3)CC2)cc1. The largest absolute Gasteiger partial charge is 0.376 e. The molecule has 0 bridgehead atoms. The first kappa shape index (κ1) is 26.1. The molecule has 1 aromatic heterocycles. The fraction of sp³-hybridized carbons (Fsp3) is 0.448. The van der Waals surface area contributed by atoms with Crippen LogP contribution in [0.15, 0.2) is 59.3 Å². The number of nitrogens with zero attached hydrogens (tertiary/aromatic N) is 2. The summed E-state index contributed by atoms with van der Waals surface area (Å²) in [5.74, 6) is 1.56. The highest BCUT2D eigenvalue weighted by atomic mass is 35.5. The van der Waals surface area contributed by atoms with Crippen molar-refractivity contribution in [2.24, 2.45) is 11.8 Å². The van der Waals surface area contributed by atoms with Gasteiger partial charge in [-0.25, -0.2) is 4.39 Å². The highest BCUT2D eigenvalue weighted by Gasteiger charge is 2.36. The molecule has 0 radical (unpaired) electrons. The standard InChI is InChI=1S/C29H33Cl2FN2OS/c30-26-4-3-23(29(31)13-26)14-34-16-25(28(17-34)24-9-12-36-20-24)15-33-10-7-22(8-11-33)19-35-18-21-1-5-27(32)6-2-21/h1-6,9,12-13,20,22,25,28H,7-8,10-11,14-19H2. The van der Waals surface area contributed by atoms with Gasteiger partial charge in [0, 0.05) is 48.7 Å². The van der Waals surface area contributed by atoms with Gasteiger partial charge >= 0.3 is 0 Å². The van der Waals surface area contributed by atoms with Crippen LogP contribution < -0.4 is 0 Å². The molecule has 0 amide bonds. The molecule has 192 valence electrons. The van der Waals surface area contributed by atoms with Crippen molar-refractivity contribution in [3.8, 4) is 0 Å². The highest BCUT2D eigenvalue weighted by molar-refractivity contribution is 7.08. The lowest BCUT2D eigenvalue weighted by Gasteiger charge is -2.34. The van der Waals surface area contributed by atoms with Crippen molar-refractivity contribution in [3.05, 3.63) is 91.8 Å². The average Bonchev–Trinajstić information content (AvgIpc) is 3.53. The first-order valence-corrected chi connectivity index (χ1v) is 14.5. The van der Waals surface area contributed by atoms with E-state index >= 15 is 0 Å². The van der Waals surface area contributed by atoms with Crippen molar-refractivity contribution in [1.82, 2.24) is 9.80 Å². The van der Waals surface area contributed by atoms with Gasteiger partial charge < -0.3 is 9.64 Å². The normalized spacial score (nSPS) is 21.9. The third-order valence-corrected chi connectivity index (χ3v) is 8.92. The highest BCUT2D eigenvalue weighted by Crippen LogP contribution is 2.36. The second-order valence-corrected chi connectivity index (χ2v) is 11.9. The maximum Gasteiger partial charge on any atom is 0.123 e. The molecular formula is C29H33Cl2FN2OS. The lowest BCUT2D eigenvalue weighted by Crippen LogP contribution is -2.39. The molecule has 2 unspecified atom stereocenters. The minimum atomic E-state index is -0.202. The Kier molecular flexibility index (Phi) is 8.99. The molecule has 3 nitrogen and oxygen atoms in total. The van der Waals surface area contributed by atoms with Crippen LogP contribution in [0.3, 0.4) is 0 Å². The van der Waals surface area contributed by atoms with Crippen molar-refractivity contribution in [3.63, 3.8) is 0 Å². The fourth-order valence-electron chi connectivity index (χ4n) is 5.62. The molecular weight excluding hydrogens is 514 g/mol. The zero-order valence-electron chi connectivity index (χ0n) is 20.4. The summed E-state index contributed by atoms with van der Waals surface area (Å²) in [6, 6.07) is 14.7. The Morgan fingerprint density at radius 1 is 0.972 bits per heavy atom. The number of hydrogen-bond acceptors (Lipinski definition) is 4. The van der Waals surface area contributed by atoms with Crippen LogP contribution in [-0.4, -0.2) is 49.1 Å². The van der Waals surface area contributed by atoms with Gasteiger partial charge in [-0.1, -0.05) is 41.4 Å². The Bertz CT molecular complexity index is 1100. The predicted molar refractivity (Wildman–Crippen MR) is 148 cm³/mol. The van der Waals surface area contributed by atoms with E-state index in [-0.39, 0.29) is 5.82 Å². The van der Waals surface area contributed by atoms with E-state index in [1.165, 1.54) is 30.5 Å². The Morgan fingerprint density at radius 2 is 1.78 bits per heavy atom. The predicted octanol–water partition coefficient (Wildman–Crippen LogP) is 7.34. The van der Waals surface area contributed by atoms with Crippen molar-refractivity contribution in [2.75, 3.05) is 39.3 Å². The molecule has 7 heteroatoms. The number of hydrogen-bond donors (Lipinski definition) is 0. The molecule has 2 aliphatic heterocycles. The van der Waals surface area contributed by atoms with E-state index < -0.39 is 0 Å². The van der Waals surface area contributed by atoms with Crippen LogP contribution in [0.4, 0.5) is 4.39 Å². The van der Waals surface area contributed by atoms with Crippen LogP contribution in [0.1, 0.15) is 35.4 Å². The molecule has 3 heterocycles. The van der Waals surface area contributed by atoms with Gasteiger partial charge in [-0.2, -0.15) is 11.3 Å². The molecule has 36 heavy (non-hydrogen) atoms. The molecule has 2 atom stereocenters. The van der Waals surface area contributed by atoms with Gasteiger partial charge in [-0.15, -0.1) is 0 Å². The Labute approximate surface area is 227 Å². The van der Waals surface area contributed by atoms with Crippen LogP contribution in [0, 0.1) is 17.7 Å². The molecule has 5 rings (SSSR count). The number of piperidine rings is 1. The molecule has 0 saturated carbocycles. The third kappa shape index (κ3) is 6.89. The number of thiophene rings is 1. The van der Waals surface area contributed by atoms with Gasteiger partial charge in [-0.3, -0.25) is 4.90 Å². The van der Waals surface area contributed by atoms with E-state index in [9.17, 15) is 4.39 Å². The maximum atomic E-state index is 13.1. The first-order chi connectivity index (χ1) is 17.5. The van der Waals surface area contributed by atoms with E-state index in [2.05, 4.69) is 32.7 Å². The average molecular weight is 548 g/mol. The summed E-state index contributed by atoms with van der Waals surface area (Å²) in [7, 11) is 0. The van der Waals surface area contributed by atoms with Crippen molar-refractivity contribution < 1.29 is 9.13 Å². The van der Waals surface area contributed by atoms with Gasteiger partial charge in [0.2, 0.25) is 0 Å².